The summed E-state index contributed by atoms with van der Waals surface area (Å²) in [5.74, 6) is -0.697. The highest BCUT2D eigenvalue weighted by Gasteiger charge is 2.41. The van der Waals surface area contributed by atoms with E-state index >= 15 is 0 Å². The van der Waals surface area contributed by atoms with E-state index in [1.165, 1.54) is 0 Å². The molecule has 11 heteroatoms. The molecule has 1 N–H and O–H groups in total. The van der Waals surface area contributed by atoms with Crippen LogP contribution in [0.3, 0.4) is 0 Å². The van der Waals surface area contributed by atoms with Gasteiger partial charge in [0.25, 0.3) is 0 Å². The third-order valence-electron chi connectivity index (χ3n) is 4.45. The minimum absolute atomic E-state index is 0. The lowest BCUT2D eigenvalue weighted by atomic mass is 10.1. The van der Waals surface area contributed by atoms with Gasteiger partial charge >= 0.3 is 6.18 Å². The average molecular weight is 537 g/mol. The van der Waals surface area contributed by atoms with Crippen molar-refractivity contribution in [2.75, 3.05) is 25.4 Å². The lowest BCUT2D eigenvalue weighted by Gasteiger charge is -2.39. The van der Waals surface area contributed by atoms with Crippen LogP contribution < -0.4 is 5.32 Å². The van der Waals surface area contributed by atoms with Gasteiger partial charge in [-0.1, -0.05) is 6.07 Å². The van der Waals surface area contributed by atoms with Gasteiger partial charge in [-0.2, -0.15) is 13.2 Å². The number of hydrogen-bond donors (Lipinski definition) is 1. The molecule has 0 aliphatic carbocycles. The van der Waals surface area contributed by atoms with Crippen LogP contribution in [0.2, 0.25) is 0 Å². The molecule has 1 aliphatic heterocycles. The normalized spacial score (nSPS) is 19.1. The van der Waals surface area contributed by atoms with Crippen molar-refractivity contribution >= 4 is 39.8 Å². The van der Waals surface area contributed by atoms with Crippen molar-refractivity contribution in [2.45, 2.75) is 38.2 Å². The summed E-state index contributed by atoms with van der Waals surface area (Å²) in [7, 11) is -3.26. The van der Waals surface area contributed by atoms with Crippen LogP contribution in [0.25, 0.3) is 0 Å². The molecule has 0 unspecified atom stereocenters. The number of halogens is 5. The fourth-order valence-corrected chi connectivity index (χ4v) is 4.23. The molecule has 0 aromatic heterocycles. The van der Waals surface area contributed by atoms with E-state index in [4.69, 9.17) is 0 Å². The Hall–Kier alpha value is -1.11. The zero-order valence-corrected chi connectivity index (χ0v) is 19.0. The number of sulfone groups is 1. The second-order valence-electron chi connectivity index (χ2n) is 6.97. The fourth-order valence-electron chi connectivity index (χ4n) is 2.86. The Morgan fingerprint density at radius 1 is 1.32 bits per heavy atom. The summed E-state index contributed by atoms with van der Waals surface area (Å²) in [5, 5.41) is 2.98. The van der Waals surface area contributed by atoms with E-state index in [9.17, 15) is 26.0 Å². The van der Waals surface area contributed by atoms with Crippen LogP contribution in [-0.4, -0.2) is 49.4 Å². The van der Waals surface area contributed by atoms with Gasteiger partial charge in [-0.15, -0.1) is 24.0 Å². The zero-order chi connectivity index (χ0) is 20.5. The summed E-state index contributed by atoms with van der Waals surface area (Å²) >= 11 is 0. The summed E-state index contributed by atoms with van der Waals surface area (Å²) in [6.45, 7) is 5.57. The minimum Gasteiger partial charge on any atom is -0.357 e. The van der Waals surface area contributed by atoms with Gasteiger partial charge in [-0.3, -0.25) is 0 Å². The maximum Gasteiger partial charge on any atom is 0.416 e. The van der Waals surface area contributed by atoms with Crippen LogP contribution in [0.4, 0.5) is 17.6 Å². The lowest BCUT2D eigenvalue weighted by Crippen LogP contribution is -2.57. The Balaban J connectivity index is 0.00000392. The predicted octanol–water partition coefficient (Wildman–Crippen LogP) is 3.44. The van der Waals surface area contributed by atoms with Crippen LogP contribution in [-0.2, 0) is 22.6 Å². The van der Waals surface area contributed by atoms with E-state index in [2.05, 4.69) is 10.3 Å². The lowest BCUT2D eigenvalue weighted by molar-refractivity contribution is -0.138. The molecule has 28 heavy (non-hydrogen) atoms. The highest BCUT2D eigenvalue weighted by Crippen LogP contribution is 2.33. The molecule has 2 rings (SSSR count). The molecule has 1 aromatic rings. The van der Waals surface area contributed by atoms with Crippen LogP contribution in [0.15, 0.2) is 23.2 Å². The molecule has 0 bridgehead atoms. The van der Waals surface area contributed by atoms with E-state index in [0.717, 1.165) is 12.1 Å². The Kier molecular flexibility index (Phi) is 8.14. The highest BCUT2D eigenvalue weighted by atomic mass is 127. The van der Waals surface area contributed by atoms with Crippen LogP contribution >= 0.6 is 24.0 Å². The molecule has 0 saturated carbocycles. The number of guanidine groups is 1. The minimum atomic E-state index is -4.69. The molecule has 0 spiro atoms. The van der Waals surface area contributed by atoms with Crippen molar-refractivity contribution in [3.05, 3.63) is 35.1 Å². The number of alkyl halides is 3. The van der Waals surface area contributed by atoms with Gasteiger partial charge in [-0.25, -0.2) is 17.8 Å². The number of nitrogens with one attached hydrogen (secondary N) is 1. The zero-order valence-electron chi connectivity index (χ0n) is 15.8. The Morgan fingerprint density at radius 2 is 1.96 bits per heavy atom. The molecule has 5 nitrogen and oxygen atoms in total. The molecule has 1 saturated heterocycles. The van der Waals surface area contributed by atoms with Gasteiger partial charge in [0, 0.05) is 19.6 Å². The second-order valence-corrected chi connectivity index (χ2v) is 9.71. The number of rotatable bonds is 3. The predicted molar refractivity (Wildman–Crippen MR) is 111 cm³/mol. The van der Waals surface area contributed by atoms with Crippen molar-refractivity contribution < 1.29 is 26.0 Å². The van der Waals surface area contributed by atoms with Gasteiger partial charge in [-0.05, 0) is 38.5 Å². The summed E-state index contributed by atoms with van der Waals surface area (Å²) in [4.78, 5) is 5.96. The van der Waals surface area contributed by atoms with Crippen molar-refractivity contribution in [3.8, 4) is 0 Å². The Labute approximate surface area is 179 Å². The van der Waals surface area contributed by atoms with E-state index in [1.54, 1.807) is 25.7 Å². The van der Waals surface area contributed by atoms with Crippen LogP contribution in [0, 0.1) is 5.82 Å². The number of nitrogens with zero attached hydrogens (tertiary/aromatic N) is 2. The molecule has 1 fully saturated rings. The van der Waals surface area contributed by atoms with Gasteiger partial charge in [0.1, 0.15) is 5.82 Å². The molecule has 1 aromatic carbocycles. The fraction of sp³-hybridized carbons (Fsp3) is 0.588. The van der Waals surface area contributed by atoms with Crippen molar-refractivity contribution in [3.63, 3.8) is 0 Å². The van der Waals surface area contributed by atoms with Crippen LogP contribution in [0.5, 0.6) is 0 Å². The molecule has 0 radical (unpaired) electrons. The largest absolute Gasteiger partial charge is 0.416 e. The topological polar surface area (TPSA) is 61.8 Å². The average Bonchev–Trinajstić information content (AvgIpc) is 2.54. The maximum absolute atomic E-state index is 13.2. The van der Waals surface area contributed by atoms with E-state index in [1.807, 2.05) is 0 Å². The number of aliphatic imine (C=N–C) groups is 1. The molecule has 160 valence electrons. The van der Waals surface area contributed by atoms with Gasteiger partial charge < -0.3 is 10.2 Å². The van der Waals surface area contributed by atoms with E-state index in [-0.39, 0.29) is 54.9 Å². The summed E-state index contributed by atoms with van der Waals surface area (Å²) in [5.41, 5.74) is -1.22. The standard InChI is InChI=1S/C17H23F4N3O2S.HI/c1-4-22-15(24-7-8-27(25,26)16(2,3)11-24)23-10-12-5-6-13(18)9-14(12)17(19,20)21;/h5-6,9H,4,7-8,10-11H2,1-3H3,(H,22,23);1H. The molecule has 1 heterocycles. The first-order valence-corrected chi connectivity index (χ1v) is 10.1. The number of hydrogen-bond acceptors (Lipinski definition) is 3. The van der Waals surface area contributed by atoms with Crippen molar-refractivity contribution in [1.82, 2.24) is 10.2 Å². The maximum atomic E-state index is 13.2. The van der Waals surface area contributed by atoms with E-state index in [0.29, 0.717) is 18.6 Å². The summed E-state index contributed by atoms with van der Waals surface area (Å²) in [6, 6.07) is 2.48. The Morgan fingerprint density at radius 3 is 2.50 bits per heavy atom. The van der Waals surface area contributed by atoms with Crippen LogP contribution in [0.1, 0.15) is 31.9 Å². The SMILES string of the molecule is CCNC(=NCc1ccc(F)cc1C(F)(F)F)N1CCS(=O)(=O)C(C)(C)C1.I. The van der Waals surface area contributed by atoms with Gasteiger partial charge in [0.2, 0.25) is 0 Å². The summed E-state index contributed by atoms with van der Waals surface area (Å²) < 4.78 is 75.9. The third-order valence-corrected chi connectivity index (χ3v) is 6.99. The second kappa shape index (κ2) is 9.14. The van der Waals surface area contributed by atoms with Crippen molar-refractivity contribution in [1.29, 1.82) is 0 Å². The smallest absolute Gasteiger partial charge is 0.357 e. The third kappa shape index (κ3) is 5.71. The molecular formula is C17H24F4IN3O2S. The molecule has 1 aliphatic rings. The monoisotopic (exact) mass is 537 g/mol. The molecule has 0 amide bonds. The first kappa shape index (κ1) is 24.9. The Bertz CT molecular complexity index is 826. The summed E-state index contributed by atoms with van der Waals surface area (Å²) in [6.07, 6.45) is -4.69. The number of benzene rings is 1. The van der Waals surface area contributed by atoms with Gasteiger partial charge in [0.15, 0.2) is 15.8 Å². The van der Waals surface area contributed by atoms with Gasteiger partial charge in [0.05, 0.1) is 22.6 Å². The molecule has 0 atom stereocenters. The first-order valence-electron chi connectivity index (χ1n) is 8.48. The molecular weight excluding hydrogens is 513 g/mol. The van der Waals surface area contributed by atoms with E-state index < -0.39 is 32.1 Å². The first-order chi connectivity index (χ1) is 12.4. The van der Waals surface area contributed by atoms with Crippen molar-refractivity contribution in [2.24, 2.45) is 4.99 Å². The highest BCUT2D eigenvalue weighted by molar-refractivity contribution is 14.0. The quantitative estimate of drug-likeness (QED) is 0.278.